The molecule has 0 radical (unpaired) electrons. The molecule has 2 aliphatic heterocycles. The lowest BCUT2D eigenvalue weighted by Crippen LogP contribution is -2.39. The Hall–Kier alpha value is -2.90. The van der Waals surface area contributed by atoms with Crippen LogP contribution in [0.25, 0.3) is 0 Å². The zero-order valence-corrected chi connectivity index (χ0v) is 17.8. The van der Waals surface area contributed by atoms with E-state index in [2.05, 4.69) is 5.32 Å². The van der Waals surface area contributed by atoms with E-state index in [-0.39, 0.29) is 25.4 Å². The third-order valence-electron chi connectivity index (χ3n) is 6.19. The number of nitrogens with one attached hydrogen (secondary N) is 1. The zero-order chi connectivity index (χ0) is 22.3. The molecule has 2 heterocycles. The smallest absolute Gasteiger partial charge is 0.391 e. The molecule has 0 unspecified atom stereocenters. The summed E-state index contributed by atoms with van der Waals surface area (Å²) < 4.78 is 44.3. The molecular weight excluding hydrogens is 407 g/mol. The average Bonchev–Trinajstić information content (AvgIpc) is 2.73. The van der Waals surface area contributed by atoms with E-state index in [9.17, 15) is 18.0 Å². The maximum Gasteiger partial charge on any atom is 0.391 e. The van der Waals surface area contributed by atoms with Crippen LogP contribution in [0.5, 0.6) is 5.75 Å². The number of alkyl halides is 3. The monoisotopic (exact) mass is 433 g/mol. The van der Waals surface area contributed by atoms with Crippen LogP contribution in [0.4, 0.5) is 35.9 Å². The highest BCUT2D eigenvalue weighted by Crippen LogP contribution is 2.39. The fraction of sp³-hybridized carbons (Fsp3) is 0.435. The number of amides is 1. The van der Waals surface area contributed by atoms with Crippen molar-refractivity contribution in [2.24, 2.45) is 5.92 Å². The third-order valence-corrected chi connectivity index (χ3v) is 6.19. The van der Waals surface area contributed by atoms with Gasteiger partial charge in [0.2, 0.25) is 0 Å². The van der Waals surface area contributed by atoms with Crippen LogP contribution < -0.4 is 19.9 Å². The number of ether oxygens (including phenoxy) is 1. The third kappa shape index (κ3) is 4.29. The molecule has 0 spiro atoms. The maximum atomic E-state index is 12.9. The van der Waals surface area contributed by atoms with Crippen molar-refractivity contribution in [3.05, 3.63) is 41.5 Å². The Balaban J connectivity index is 1.49. The highest BCUT2D eigenvalue weighted by atomic mass is 19.4. The molecule has 166 valence electrons. The van der Waals surface area contributed by atoms with Gasteiger partial charge in [-0.2, -0.15) is 13.2 Å². The second-order valence-electron chi connectivity index (χ2n) is 8.30. The van der Waals surface area contributed by atoms with Crippen LogP contribution in [0.2, 0.25) is 0 Å². The molecule has 2 aromatic rings. The second-order valence-corrected chi connectivity index (χ2v) is 8.30. The summed E-state index contributed by atoms with van der Waals surface area (Å²) in [6.45, 7) is 4.77. The van der Waals surface area contributed by atoms with Gasteiger partial charge in [0.15, 0.2) is 6.61 Å². The highest BCUT2D eigenvalue weighted by Gasteiger charge is 2.41. The molecule has 2 aromatic carbocycles. The molecule has 0 saturated carbocycles. The summed E-state index contributed by atoms with van der Waals surface area (Å²) in [4.78, 5) is 15.5. The minimum absolute atomic E-state index is 0.0186. The van der Waals surface area contributed by atoms with Crippen LogP contribution in [0.15, 0.2) is 30.3 Å². The first-order valence-electron chi connectivity index (χ1n) is 10.4. The molecule has 5 nitrogen and oxygen atoms in total. The number of benzene rings is 2. The van der Waals surface area contributed by atoms with E-state index in [0.29, 0.717) is 18.8 Å². The van der Waals surface area contributed by atoms with Gasteiger partial charge in [-0.05, 0) is 62.1 Å². The fourth-order valence-electron chi connectivity index (χ4n) is 4.15. The molecule has 8 heteroatoms. The van der Waals surface area contributed by atoms with Gasteiger partial charge in [0.1, 0.15) is 5.75 Å². The topological polar surface area (TPSA) is 44.8 Å². The van der Waals surface area contributed by atoms with Gasteiger partial charge in [-0.15, -0.1) is 0 Å². The summed E-state index contributed by atoms with van der Waals surface area (Å²) in [5.74, 6) is -0.635. The first-order chi connectivity index (χ1) is 14.6. The van der Waals surface area contributed by atoms with Crippen molar-refractivity contribution in [3.8, 4) is 5.75 Å². The first kappa shape index (κ1) is 21.3. The Morgan fingerprint density at radius 3 is 2.35 bits per heavy atom. The summed E-state index contributed by atoms with van der Waals surface area (Å²) in [7, 11) is 1.73. The number of fused-ring (bicyclic) bond motifs is 1. The number of carbonyl (C=O) groups excluding carboxylic acids is 1. The lowest BCUT2D eigenvalue weighted by atomic mass is 9.95. The van der Waals surface area contributed by atoms with Gasteiger partial charge < -0.3 is 19.9 Å². The minimum atomic E-state index is -4.10. The van der Waals surface area contributed by atoms with Gasteiger partial charge in [0, 0.05) is 43.3 Å². The maximum absolute atomic E-state index is 12.9. The molecule has 1 fully saturated rings. The van der Waals surface area contributed by atoms with E-state index >= 15 is 0 Å². The largest absolute Gasteiger partial charge is 0.481 e. The van der Waals surface area contributed by atoms with Crippen LogP contribution in [0.3, 0.4) is 0 Å². The standard InChI is InChI=1S/C23H26F3N3O2/c1-14-10-17(29-8-6-16(7-9-29)23(24,25)26)4-5-18(14)27-19-12-21-20(11-15(19)2)28(3)22(30)13-31-21/h4-5,10-12,16,27H,6-9,13H2,1-3H3. The zero-order valence-electron chi connectivity index (χ0n) is 17.8. The molecule has 0 aromatic heterocycles. The second kappa shape index (κ2) is 7.98. The number of anilines is 4. The predicted octanol–water partition coefficient (Wildman–Crippen LogP) is 5.18. The van der Waals surface area contributed by atoms with Crippen LogP contribution in [0.1, 0.15) is 24.0 Å². The van der Waals surface area contributed by atoms with Crippen LogP contribution in [-0.4, -0.2) is 38.8 Å². The van der Waals surface area contributed by atoms with E-state index in [1.54, 1.807) is 11.9 Å². The molecule has 4 rings (SSSR count). The molecule has 0 bridgehead atoms. The quantitative estimate of drug-likeness (QED) is 0.725. The van der Waals surface area contributed by atoms with Gasteiger partial charge in [0.25, 0.3) is 5.91 Å². The average molecular weight is 433 g/mol. The van der Waals surface area contributed by atoms with Crippen molar-refractivity contribution in [1.82, 2.24) is 0 Å². The molecular formula is C23H26F3N3O2. The van der Waals surface area contributed by atoms with Gasteiger partial charge in [-0.25, -0.2) is 0 Å². The molecule has 0 atom stereocenters. The number of hydrogen-bond donors (Lipinski definition) is 1. The van der Waals surface area contributed by atoms with Crippen LogP contribution >= 0.6 is 0 Å². The summed E-state index contributed by atoms with van der Waals surface area (Å²) in [5.41, 5.74) is 5.45. The van der Waals surface area contributed by atoms with Gasteiger partial charge in [0.05, 0.1) is 11.6 Å². The Bertz CT molecular complexity index is 998. The molecule has 1 N–H and O–H groups in total. The van der Waals surface area contributed by atoms with E-state index in [1.807, 2.05) is 49.1 Å². The minimum Gasteiger partial charge on any atom is -0.481 e. The molecule has 1 amide bonds. The number of aryl methyl sites for hydroxylation is 2. The summed E-state index contributed by atoms with van der Waals surface area (Å²) in [6.07, 6.45) is -3.84. The number of nitrogens with zero attached hydrogens (tertiary/aromatic N) is 2. The Morgan fingerprint density at radius 1 is 1.03 bits per heavy atom. The van der Waals surface area contributed by atoms with Crippen LogP contribution in [0, 0.1) is 19.8 Å². The van der Waals surface area contributed by atoms with E-state index in [1.165, 1.54) is 0 Å². The normalized spacial score (nSPS) is 17.4. The molecule has 31 heavy (non-hydrogen) atoms. The van der Waals surface area contributed by atoms with Crippen molar-refractivity contribution < 1.29 is 22.7 Å². The molecule has 1 saturated heterocycles. The lowest BCUT2D eigenvalue weighted by molar-refractivity contribution is -0.179. The van der Waals surface area contributed by atoms with Crippen LogP contribution in [-0.2, 0) is 4.79 Å². The van der Waals surface area contributed by atoms with E-state index in [0.717, 1.165) is 33.9 Å². The van der Waals surface area contributed by atoms with Crippen molar-refractivity contribution in [2.45, 2.75) is 32.9 Å². The predicted molar refractivity (Wildman–Crippen MR) is 116 cm³/mol. The number of likely N-dealkylation sites (N-methyl/N-ethyl adjacent to an activating group) is 1. The van der Waals surface area contributed by atoms with E-state index in [4.69, 9.17) is 4.74 Å². The number of hydrogen-bond acceptors (Lipinski definition) is 4. The van der Waals surface area contributed by atoms with Gasteiger partial charge >= 0.3 is 6.18 Å². The van der Waals surface area contributed by atoms with Gasteiger partial charge in [-0.3, -0.25) is 4.79 Å². The van der Waals surface area contributed by atoms with Gasteiger partial charge in [-0.1, -0.05) is 0 Å². The number of carbonyl (C=O) groups is 1. The fourth-order valence-corrected chi connectivity index (χ4v) is 4.15. The Labute approximate surface area is 179 Å². The number of piperidine rings is 1. The highest BCUT2D eigenvalue weighted by molar-refractivity contribution is 5.98. The van der Waals surface area contributed by atoms with Crippen molar-refractivity contribution in [3.63, 3.8) is 0 Å². The first-order valence-corrected chi connectivity index (χ1v) is 10.4. The molecule has 2 aliphatic rings. The van der Waals surface area contributed by atoms with E-state index < -0.39 is 12.1 Å². The molecule has 0 aliphatic carbocycles. The summed E-state index contributed by atoms with van der Waals surface area (Å²) in [6, 6.07) is 9.72. The Morgan fingerprint density at radius 2 is 1.71 bits per heavy atom. The summed E-state index contributed by atoms with van der Waals surface area (Å²) >= 11 is 0. The SMILES string of the molecule is Cc1cc(N2CCC(C(F)(F)F)CC2)ccc1Nc1cc2c(cc1C)N(C)C(=O)CO2. The summed E-state index contributed by atoms with van der Waals surface area (Å²) in [5, 5.41) is 3.42. The number of rotatable bonds is 3. The van der Waals surface area contributed by atoms with Crippen molar-refractivity contribution >= 4 is 28.7 Å². The Kier molecular flexibility index (Phi) is 5.49. The lowest BCUT2D eigenvalue weighted by Gasteiger charge is -2.34. The number of halogens is 3. The van der Waals surface area contributed by atoms with Crippen molar-refractivity contribution in [1.29, 1.82) is 0 Å². The van der Waals surface area contributed by atoms with Crippen molar-refractivity contribution in [2.75, 3.05) is 41.9 Å².